The zero-order chi connectivity index (χ0) is 19.7. The van der Waals surface area contributed by atoms with Gasteiger partial charge in [-0.25, -0.2) is 4.98 Å². The van der Waals surface area contributed by atoms with E-state index in [-0.39, 0.29) is 23.4 Å². The minimum Gasteiger partial charge on any atom is -0.349 e. The van der Waals surface area contributed by atoms with Gasteiger partial charge in [0.15, 0.2) is 0 Å². The summed E-state index contributed by atoms with van der Waals surface area (Å²) in [4.78, 5) is 31.8. The van der Waals surface area contributed by atoms with Crippen LogP contribution in [0.2, 0.25) is 0 Å². The molecule has 1 N–H and O–H groups in total. The molecular formula is C20H23N5O2S. The van der Waals surface area contributed by atoms with Crippen LogP contribution < -0.4 is 15.8 Å². The van der Waals surface area contributed by atoms with Crippen molar-refractivity contribution in [2.45, 2.75) is 32.7 Å². The van der Waals surface area contributed by atoms with Gasteiger partial charge in [0.2, 0.25) is 16.0 Å². The van der Waals surface area contributed by atoms with Crippen molar-refractivity contribution in [1.82, 2.24) is 19.9 Å². The first-order valence-electron chi connectivity index (χ1n) is 9.49. The number of hydrogen-bond acceptors (Lipinski definition) is 6. The summed E-state index contributed by atoms with van der Waals surface area (Å²) in [6, 6.07) is 11.5. The molecule has 4 rings (SSSR count). The number of fused-ring (bicyclic) bond motifs is 1. The van der Waals surface area contributed by atoms with Crippen molar-refractivity contribution >= 4 is 27.3 Å². The zero-order valence-electron chi connectivity index (χ0n) is 16.0. The summed E-state index contributed by atoms with van der Waals surface area (Å²) in [7, 11) is 0. The average Bonchev–Trinajstić information content (AvgIpc) is 3.13. The Kier molecular flexibility index (Phi) is 5.13. The zero-order valence-corrected chi connectivity index (χ0v) is 16.8. The number of nitrogens with one attached hydrogen (secondary N) is 1. The van der Waals surface area contributed by atoms with E-state index in [0.29, 0.717) is 10.7 Å². The molecular weight excluding hydrogens is 374 g/mol. The van der Waals surface area contributed by atoms with Crippen LogP contribution in [0.4, 0.5) is 5.13 Å². The summed E-state index contributed by atoms with van der Waals surface area (Å²) in [6.07, 6.45) is 1.54. The van der Waals surface area contributed by atoms with Crippen LogP contribution in [0.3, 0.4) is 0 Å². The molecule has 0 bridgehead atoms. The van der Waals surface area contributed by atoms with Crippen LogP contribution >= 0.6 is 11.3 Å². The molecule has 2 aromatic heterocycles. The first kappa shape index (κ1) is 18.6. The van der Waals surface area contributed by atoms with Gasteiger partial charge in [0.1, 0.15) is 0 Å². The second-order valence-corrected chi connectivity index (χ2v) is 8.15. The summed E-state index contributed by atoms with van der Waals surface area (Å²) in [5, 5.41) is 8.33. The minimum atomic E-state index is -0.158. The second kappa shape index (κ2) is 7.71. The highest BCUT2D eigenvalue weighted by Gasteiger charge is 2.27. The predicted octanol–water partition coefficient (Wildman–Crippen LogP) is 2.55. The van der Waals surface area contributed by atoms with E-state index >= 15 is 0 Å². The van der Waals surface area contributed by atoms with Crippen molar-refractivity contribution in [1.29, 1.82) is 0 Å². The van der Waals surface area contributed by atoms with Gasteiger partial charge in [-0.15, -0.1) is 5.10 Å². The minimum absolute atomic E-state index is 0.000109. The fourth-order valence-corrected chi connectivity index (χ4v) is 4.53. The molecule has 0 unspecified atom stereocenters. The van der Waals surface area contributed by atoms with E-state index in [0.717, 1.165) is 36.6 Å². The summed E-state index contributed by atoms with van der Waals surface area (Å²) in [5.74, 6) is 0.105. The first-order chi connectivity index (χ1) is 13.5. The number of anilines is 1. The van der Waals surface area contributed by atoms with Crippen LogP contribution in [0.25, 0.3) is 4.96 Å². The highest BCUT2D eigenvalue weighted by atomic mass is 32.1. The van der Waals surface area contributed by atoms with Crippen molar-refractivity contribution < 1.29 is 4.79 Å². The maximum atomic E-state index is 12.6. The normalized spacial score (nSPS) is 16.3. The van der Waals surface area contributed by atoms with Crippen molar-refractivity contribution in [2.75, 3.05) is 18.0 Å². The molecule has 28 heavy (non-hydrogen) atoms. The maximum absolute atomic E-state index is 12.6. The van der Waals surface area contributed by atoms with Crippen LogP contribution in [0, 0.1) is 12.8 Å². The Bertz CT molecular complexity index is 1040. The number of aromatic nitrogens is 3. The fourth-order valence-electron chi connectivity index (χ4n) is 3.53. The van der Waals surface area contributed by atoms with Crippen molar-refractivity contribution in [3.8, 4) is 0 Å². The van der Waals surface area contributed by atoms with Gasteiger partial charge < -0.3 is 10.2 Å². The number of rotatable bonds is 4. The van der Waals surface area contributed by atoms with E-state index in [4.69, 9.17) is 0 Å². The van der Waals surface area contributed by atoms with E-state index in [1.807, 2.05) is 37.3 Å². The van der Waals surface area contributed by atoms with Crippen molar-refractivity contribution in [2.24, 2.45) is 5.92 Å². The molecule has 1 amide bonds. The van der Waals surface area contributed by atoms with E-state index in [9.17, 15) is 9.59 Å². The smallest absolute Gasteiger partial charge is 0.275 e. The number of piperidine rings is 1. The summed E-state index contributed by atoms with van der Waals surface area (Å²) in [5.41, 5.74) is 1.65. The van der Waals surface area contributed by atoms with E-state index in [2.05, 4.69) is 20.3 Å². The van der Waals surface area contributed by atoms with E-state index in [1.54, 1.807) is 6.92 Å². The van der Waals surface area contributed by atoms with Crippen LogP contribution in [-0.4, -0.2) is 33.6 Å². The molecule has 7 nitrogen and oxygen atoms in total. The molecule has 1 aromatic carbocycles. The van der Waals surface area contributed by atoms with E-state index in [1.165, 1.54) is 21.9 Å². The van der Waals surface area contributed by atoms with Gasteiger partial charge in [-0.05, 0) is 32.3 Å². The Morgan fingerprint density at radius 3 is 2.68 bits per heavy atom. The van der Waals surface area contributed by atoms with E-state index < -0.39 is 0 Å². The topological polar surface area (TPSA) is 79.6 Å². The molecule has 0 radical (unpaired) electrons. The Labute approximate surface area is 167 Å². The highest BCUT2D eigenvalue weighted by Crippen LogP contribution is 2.27. The molecule has 0 spiro atoms. The van der Waals surface area contributed by atoms with Crippen LogP contribution in [0.15, 0.2) is 41.2 Å². The first-order valence-corrected chi connectivity index (χ1v) is 10.3. The summed E-state index contributed by atoms with van der Waals surface area (Å²) < 4.78 is 1.35. The standard InChI is InChI=1S/C20H23N5O2S/c1-13-12-17(26)25-19(21-13)28-20(23-25)24-10-8-16(9-11-24)18(27)22-14(2)15-6-4-3-5-7-15/h3-7,12,14,16H,8-11H2,1-2H3,(H,22,27)/t14-/m0/s1. The highest BCUT2D eigenvalue weighted by molar-refractivity contribution is 7.20. The van der Waals surface area contributed by atoms with Gasteiger partial charge in [-0.1, -0.05) is 41.7 Å². The van der Waals surface area contributed by atoms with Gasteiger partial charge in [0.05, 0.1) is 6.04 Å². The molecule has 1 fully saturated rings. The Morgan fingerprint density at radius 2 is 1.96 bits per heavy atom. The molecule has 1 saturated heterocycles. The third kappa shape index (κ3) is 3.77. The lowest BCUT2D eigenvalue weighted by molar-refractivity contribution is -0.126. The van der Waals surface area contributed by atoms with Crippen LogP contribution in [-0.2, 0) is 4.79 Å². The molecule has 0 aliphatic carbocycles. The number of amides is 1. The quantitative estimate of drug-likeness (QED) is 0.732. The number of hydrogen-bond donors (Lipinski definition) is 1. The SMILES string of the molecule is Cc1cc(=O)n2nc(N3CCC(C(=O)N[C@@H](C)c4ccccc4)CC3)sc2n1. The number of benzene rings is 1. The molecule has 3 heterocycles. The van der Waals surface area contributed by atoms with Gasteiger partial charge in [-0.2, -0.15) is 4.52 Å². The largest absolute Gasteiger partial charge is 0.349 e. The number of nitrogens with zero attached hydrogens (tertiary/aromatic N) is 4. The van der Waals surface area contributed by atoms with Gasteiger partial charge >= 0.3 is 0 Å². The van der Waals surface area contributed by atoms with Gasteiger partial charge in [-0.3, -0.25) is 9.59 Å². The molecule has 1 aliphatic rings. The molecule has 146 valence electrons. The Balaban J connectivity index is 1.38. The number of carbonyl (C=O) groups excluding carboxylic acids is 1. The Hall–Kier alpha value is -2.74. The van der Waals surface area contributed by atoms with Gasteiger partial charge in [0, 0.05) is 30.8 Å². The molecule has 3 aromatic rings. The summed E-state index contributed by atoms with van der Waals surface area (Å²) >= 11 is 1.42. The molecule has 0 saturated carbocycles. The Morgan fingerprint density at radius 1 is 1.25 bits per heavy atom. The monoisotopic (exact) mass is 397 g/mol. The molecule has 1 atom stereocenters. The average molecular weight is 398 g/mol. The van der Waals surface area contributed by atoms with Crippen molar-refractivity contribution in [3.63, 3.8) is 0 Å². The lowest BCUT2D eigenvalue weighted by Gasteiger charge is -2.31. The van der Waals surface area contributed by atoms with Gasteiger partial charge in [0.25, 0.3) is 5.56 Å². The summed E-state index contributed by atoms with van der Waals surface area (Å²) in [6.45, 7) is 5.30. The predicted molar refractivity (Wildman–Crippen MR) is 110 cm³/mol. The molecule has 1 aliphatic heterocycles. The molecule has 8 heteroatoms. The van der Waals surface area contributed by atoms with Crippen molar-refractivity contribution in [3.05, 3.63) is 58.0 Å². The second-order valence-electron chi connectivity index (χ2n) is 7.22. The lowest BCUT2D eigenvalue weighted by Crippen LogP contribution is -2.41. The maximum Gasteiger partial charge on any atom is 0.275 e. The lowest BCUT2D eigenvalue weighted by atomic mass is 9.95. The van der Waals surface area contributed by atoms with Crippen LogP contribution in [0.1, 0.15) is 37.1 Å². The number of aryl methyl sites for hydroxylation is 1. The third-order valence-electron chi connectivity index (χ3n) is 5.16. The third-order valence-corrected chi connectivity index (χ3v) is 6.13. The van der Waals surface area contributed by atoms with Crippen LogP contribution in [0.5, 0.6) is 0 Å². The fraction of sp³-hybridized carbons (Fsp3) is 0.400. The number of carbonyl (C=O) groups is 1.